The van der Waals surface area contributed by atoms with Crippen molar-refractivity contribution in [3.8, 4) is 0 Å². The van der Waals surface area contributed by atoms with Gasteiger partial charge in [0, 0.05) is 16.0 Å². The molecule has 0 unspecified atom stereocenters. The van der Waals surface area contributed by atoms with E-state index in [-0.39, 0.29) is 5.69 Å². The second-order valence-electron chi connectivity index (χ2n) is 3.78. The monoisotopic (exact) mass is 279 g/mol. The molecule has 0 spiro atoms. The van der Waals surface area contributed by atoms with Crippen molar-refractivity contribution in [1.29, 1.82) is 0 Å². The van der Waals surface area contributed by atoms with Crippen molar-refractivity contribution in [3.05, 3.63) is 63.2 Å². The summed E-state index contributed by atoms with van der Waals surface area (Å²) in [5.41, 5.74) is 1.23. The third-order valence-corrected chi connectivity index (χ3v) is 3.66. The van der Waals surface area contributed by atoms with Crippen LogP contribution in [-0.4, -0.2) is 4.92 Å². The van der Waals surface area contributed by atoms with Crippen LogP contribution in [0, 0.1) is 17.0 Å². The highest BCUT2D eigenvalue weighted by molar-refractivity contribution is 7.99. The van der Waals surface area contributed by atoms with Gasteiger partial charge in [-0.25, -0.2) is 0 Å². The van der Waals surface area contributed by atoms with Crippen molar-refractivity contribution in [3.63, 3.8) is 0 Å². The lowest BCUT2D eigenvalue weighted by Gasteiger charge is -2.04. The molecule has 18 heavy (non-hydrogen) atoms. The number of aryl methyl sites for hydroxylation is 1. The Balaban J connectivity index is 2.35. The van der Waals surface area contributed by atoms with Gasteiger partial charge in [-0.15, -0.1) is 0 Å². The number of nitro groups is 1. The zero-order valence-corrected chi connectivity index (χ0v) is 11.2. The molecule has 0 aliphatic heterocycles. The van der Waals surface area contributed by atoms with Crippen LogP contribution in [0.15, 0.2) is 52.3 Å². The molecule has 0 fully saturated rings. The van der Waals surface area contributed by atoms with Crippen LogP contribution in [0.2, 0.25) is 5.02 Å². The summed E-state index contributed by atoms with van der Waals surface area (Å²) < 4.78 is 0. The minimum absolute atomic E-state index is 0.0741. The van der Waals surface area contributed by atoms with E-state index in [0.717, 1.165) is 10.5 Å². The molecule has 0 atom stereocenters. The quantitative estimate of drug-likeness (QED) is 0.604. The van der Waals surface area contributed by atoms with Crippen molar-refractivity contribution in [1.82, 2.24) is 0 Å². The van der Waals surface area contributed by atoms with Crippen molar-refractivity contribution >= 4 is 29.1 Å². The second kappa shape index (κ2) is 5.42. The molecule has 0 saturated heterocycles. The predicted octanol–water partition coefficient (Wildman–Crippen LogP) is 4.71. The molecule has 2 rings (SSSR count). The van der Waals surface area contributed by atoms with Crippen LogP contribution < -0.4 is 0 Å². The Morgan fingerprint density at radius 2 is 1.83 bits per heavy atom. The molecule has 3 nitrogen and oxygen atoms in total. The second-order valence-corrected chi connectivity index (χ2v) is 5.34. The first-order valence-electron chi connectivity index (χ1n) is 5.25. The fourth-order valence-corrected chi connectivity index (χ4v) is 2.65. The Morgan fingerprint density at radius 3 is 2.44 bits per heavy atom. The molecule has 5 heteroatoms. The van der Waals surface area contributed by atoms with Gasteiger partial charge in [0.15, 0.2) is 0 Å². The summed E-state index contributed by atoms with van der Waals surface area (Å²) in [6.07, 6.45) is 0. The van der Waals surface area contributed by atoms with E-state index in [4.69, 9.17) is 11.6 Å². The van der Waals surface area contributed by atoms with E-state index < -0.39 is 4.92 Å². The number of hydrogen-bond acceptors (Lipinski definition) is 3. The molecule has 0 saturated carbocycles. The SMILES string of the molecule is Cc1ccc(Sc2cc(Cl)ccc2[N+](=O)[O-])cc1. The lowest BCUT2D eigenvalue weighted by molar-refractivity contribution is -0.387. The van der Waals surface area contributed by atoms with Crippen LogP contribution in [0.4, 0.5) is 5.69 Å². The molecule has 0 radical (unpaired) electrons. The zero-order chi connectivity index (χ0) is 13.1. The van der Waals surface area contributed by atoms with E-state index in [1.165, 1.54) is 23.9 Å². The lowest BCUT2D eigenvalue weighted by atomic mass is 10.2. The fourth-order valence-electron chi connectivity index (χ4n) is 1.45. The number of hydrogen-bond donors (Lipinski definition) is 0. The number of rotatable bonds is 3. The molecule has 2 aromatic rings. The average Bonchev–Trinajstić information content (AvgIpc) is 2.32. The molecule has 0 N–H and O–H groups in total. The van der Waals surface area contributed by atoms with Gasteiger partial charge in [0.05, 0.1) is 9.82 Å². The summed E-state index contributed by atoms with van der Waals surface area (Å²) in [6, 6.07) is 12.4. The van der Waals surface area contributed by atoms with Crippen molar-refractivity contribution < 1.29 is 4.92 Å². The van der Waals surface area contributed by atoms with Crippen LogP contribution in [0.5, 0.6) is 0 Å². The fraction of sp³-hybridized carbons (Fsp3) is 0.0769. The first-order valence-corrected chi connectivity index (χ1v) is 6.44. The third-order valence-electron chi connectivity index (χ3n) is 2.37. The molecular formula is C13H10ClNO2S. The minimum atomic E-state index is -0.396. The Morgan fingerprint density at radius 1 is 1.17 bits per heavy atom. The summed E-state index contributed by atoms with van der Waals surface area (Å²) in [5.74, 6) is 0. The molecule has 2 aromatic carbocycles. The van der Waals surface area contributed by atoms with E-state index in [0.29, 0.717) is 9.92 Å². The summed E-state index contributed by atoms with van der Waals surface area (Å²) in [6.45, 7) is 2.00. The van der Waals surface area contributed by atoms with E-state index in [1.807, 2.05) is 31.2 Å². The third kappa shape index (κ3) is 3.03. The smallest absolute Gasteiger partial charge is 0.258 e. The maximum Gasteiger partial charge on any atom is 0.283 e. The van der Waals surface area contributed by atoms with E-state index >= 15 is 0 Å². The molecule has 92 valence electrons. The predicted molar refractivity (Wildman–Crippen MR) is 73.4 cm³/mol. The van der Waals surface area contributed by atoms with Gasteiger partial charge in [0.2, 0.25) is 0 Å². The summed E-state index contributed by atoms with van der Waals surface area (Å²) in [4.78, 5) is 12.0. The van der Waals surface area contributed by atoms with Crippen LogP contribution in [0.1, 0.15) is 5.56 Å². The van der Waals surface area contributed by atoms with Gasteiger partial charge in [-0.05, 0) is 31.2 Å². The van der Waals surface area contributed by atoms with E-state index in [1.54, 1.807) is 6.07 Å². The van der Waals surface area contributed by atoms with Crippen molar-refractivity contribution in [2.75, 3.05) is 0 Å². The average molecular weight is 280 g/mol. The highest BCUT2D eigenvalue weighted by Gasteiger charge is 2.14. The Labute approximate surface area is 114 Å². The lowest BCUT2D eigenvalue weighted by Crippen LogP contribution is -1.90. The maximum absolute atomic E-state index is 10.9. The first-order chi connectivity index (χ1) is 8.56. The molecule has 0 bridgehead atoms. The molecular weight excluding hydrogens is 270 g/mol. The van der Waals surface area contributed by atoms with E-state index in [9.17, 15) is 10.1 Å². The van der Waals surface area contributed by atoms with Gasteiger partial charge in [0.25, 0.3) is 5.69 Å². The first kappa shape index (κ1) is 12.9. The Hall–Kier alpha value is -1.52. The van der Waals surface area contributed by atoms with Gasteiger partial charge in [0.1, 0.15) is 0 Å². The Bertz CT molecular complexity index is 584. The van der Waals surface area contributed by atoms with Crippen LogP contribution in [-0.2, 0) is 0 Å². The summed E-state index contributed by atoms with van der Waals surface area (Å²) >= 11 is 7.22. The van der Waals surface area contributed by atoms with Crippen LogP contribution >= 0.6 is 23.4 Å². The molecule has 0 aromatic heterocycles. The maximum atomic E-state index is 10.9. The highest BCUT2D eigenvalue weighted by Crippen LogP contribution is 2.36. The Kier molecular flexibility index (Phi) is 3.89. The van der Waals surface area contributed by atoms with Gasteiger partial charge in [-0.2, -0.15) is 0 Å². The standard InChI is InChI=1S/C13H10ClNO2S/c1-9-2-5-11(6-3-9)18-13-8-10(14)4-7-12(13)15(16)17/h2-8H,1H3. The number of nitrogens with zero attached hydrogens (tertiary/aromatic N) is 1. The van der Waals surface area contributed by atoms with Crippen molar-refractivity contribution in [2.24, 2.45) is 0 Å². The topological polar surface area (TPSA) is 43.1 Å². The molecule has 0 aliphatic rings. The van der Waals surface area contributed by atoms with Gasteiger partial charge >= 0.3 is 0 Å². The van der Waals surface area contributed by atoms with Crippen LogP contribution in [0.3, 0.4) is 0 Å². The minimum Gasteiger partial charge on any atom is -0.258 e. The van der Waals surface area contributed by atoms with Crippen molar-refractivity contribution in [2.45, 2.75) is 16.7 Å². The normalized spacial score (nSPS) is 10.3. The highest BCUT2D eigenvalue weighted by atomic mass is 35.5. The zero-order valence-electron chi connectivity index (χ0n) is 9.59. The molecule has 0 aliphatic carbocycles. The largest absolute Gasteiger partial charge is 0.283 e. The van der Waals surface area contributed by atoms with Gasteiger partial charge in [-0.1, -0.05) is 41.1 Å². The number of nitro benzene ring substituents is 1. The number of halogens is 1. The molecule has 0 amide bonds. The summed E-state index contributed by atoms with van der Waals surface area (Å²) in [7, 11) is 0. The van der Waals surface area contributed by atoms with Crippen LogP contribution in [0.25, 0.3) is 0 Å². The van der Waals surface area contributed by atoms with Gasteiger partial charge in [-0.3, -0.25) is 10.1 Å². The number of benzene rings is 2. The van der Waals surface area contributed by atoms with E-state index in [2.05, 4.69) is 0 Å². The molecule has 0 heterocycles. The van der Waals surface area contributed by atoms with Gasteiger partial charge < -0.3 is 0 Å². The summed E-state index contributed by atoms with van der Waals surface area (Å²) in [5, 5.41) is 11.4.